The van der Waals surface area contributed by atoms with Crippen molar-refractivity contribution < 1.29 is 4.79 Å². The topological polar surface area (TPSA) is 54.3 Å². The van der Waals surface area contributed by atoms with Crippen LogP contribution in [-0.4, -0.2) is 64.9 Å². The SMILES string of the molecule is CN(C)CCN(C)C(=O)c1cn(CC2CCCCC2)nn1. The average molecular weight is 293 g/mol. The predicted molar refractivity (Wildman–Crippen MR) is 82.1 cm³/mol. The number of aromatic nitrogens is 3. The van der Waals surface area contributed by atoms with Crippen LogP contribution in [0.5, 0.6) is 0 Å². The van der Waals surface area contributed by atoms with Gasteiger partial charge in [0, 0.05) is 26.7 Å². The molecule has 0 atom stereocenters. The second-order valence-electron chi connectivity index (χ2n) is 6.36. The van der Waals surface area contributed by atoms with Crippen molar-refractivity contribution in [3.05, 3.63) is 11.9 Å². The van der Waals surface area contributed by atoms with Crippen molar-refractivity contribution in [3.8, 4) is 0 Å². The first-order valence-corrected chi connectivity index (χ1v) is 7.86. The van der Waals surface area contributed by atoms with Gasteiger partial charge in [-0.1, -0.05) is 24.5 Å². The molecule has 6 heteroatoms. The molecule has 0 bridgehead atoms. The molecule has 21 heavy (non-hydrogen) atoms. The molecule has 1 fully saturated rings. The van der Waals surface area contributed by atoms with Crippen molar-refractivity contribution in [3.63, 3.8) is 0 Å². The quantitative estimate of drug-likeness (QED) is 0.797. The predicted octanol–water partition coefficient (Wildman–Crippen LogP) is 1.49. The van der Waals surface area contributed by atoms with E-state index in [2.05, 4.69) is 15.2 Å². The van der Waals surface area contributed by atoms with Crippen LogP contribution in [0.15, 0.2) is 6.20 Å². The summed E-state index contributed by atoms with van der Waals surface area (Å²) >= 11 is 0. The van der Waals surface area contributed by atoms with Crippen LogP contribution in [0.1, 0.15) is 42.6 Å². The maximum absolute atomic E-state index is 12.3. The second-order valence-corrected chi connectivity index (χ2v) is 6.36. The number of rotatable bonds is 6. The van der Waals surface area contributed by atoms with Crippen LogP contribution in [0.4, 0.5) is 0 Å². The van der Waals surface area contributed by atoms with Crippen molar-refractivity contribution in [2.45, 2.75) is 38.6 Å². The molecule has 0 saturated heterocycles. The Morgan fingerprint density at radius 2 is 1.95 bits per heavy atom. The highest BCUT2D eigenvalue weighted by Gasteiger charge is 2.18. The van der Waals surface area contributed by atoms with Crippen molar-refractivity contribution in [2.24, 2.45) is 5.92 Å². The maximum Gasteiger partial charge on any atom is 0.275 e. The van der Waals surface area contributed by atoms with Gasteiger partial charge in [0.1, 0.15) is 0 Å². The van der Waals surface area contributed by atoms with E-state index >= 15 is 0 Å². The van der Waals surface area contributed by atoms with Crippen LogP contribution < -0.4 is 0 Å². The number of carbonyl (C=O) groups is 1. The summed E-state index contributed by atoms with van der Waals surface area (Å²) in [7, 11) is 5.81. The van der Waals surface area contributed by atoms with Crippen LogP contribution >= 0.6 is 0 Å². The van der Waals surface area contributed by atoms with Gasteiger partial charge in [-0.15, -0.1) is 5.10 Å². The fourth-order valence-corrected chi connectivity index (χ4v) is 2.77. The lowest BCUT2D eigenvalue weighted by Gasteiger charge is -2.20. The Morgan fingerprint density at radius 3 is 2.62 bits per heavy atom. The molecule has 118 valence electrons. The molecule has 0 aliphatic heterocycles. The summed E-state index contributed by atoms with van der Waals surface area (Å²) in [4.78, 5) is 16.0. The summed E-state index contributed by atoms with van der Waals surface area (Å²) in [5.41, 5.74) is 0.451. The molecule has 1 aromatic rings. The molecular formula is C15H27N5O. The van der Waals surface area contributed by atoms with Gasteiger partial charge < -0.3 is 9.80 Å². The Hall–Kier alpha value is -1.43. The number of amides is 1. The van der Waals surface area contributed by atoms with E-state index in [4.69, 9.17) is 0 Å². The van der Waals surface area contributed by atoms with Crippen LogP contribution in [-0.2, 0) is 6.54 Å². The van der Waals surface area contributed by atoms with Crippen molar-refractivity contribution in [2.75, 3.05) is 34.2 Å². The van der Waals surface area contributed by atoms with E-state index in [0.717, 1.165) is 13.1 Å². The number of hydrogen-bond acceptors (Lipinski definition) is 4. The minimum atomic E-state index is -0.0493. The smallest absolute Gasteiger partial charge is 0.275 e. The summed E-state index contributed by atoms with van der Waals surface area (Å²) < 4.78 is 1.84. The van der Waals surface area contributed by atoms with Crippen molar-refractivity contribution in [1.29, 1.82) is 0 Å². The van der Waals surface area contributed by atoms with Crippen LogP contribution in [0, 0.1) is 5.92 Å². The summed E-state index contributed by atoms with van der Waals surface area (Å²) in [6.45, 7) is 2.43. The van der Waals surface area contributed by atoms with E-state index in [9.17, 15) is 4.79 Å². The molecule has 0 unspecified atom stereocenters. The van der Waals surface area contributed by atoms with Crippen molar-refractivity contribution >= 4 is 5.91 Å². The largest absolute Gasteiger partial charge is 0.339 e. The maximum atomic E-state index is 12.3. The van der Waals surface area contributed by atoms with Gasteiger partial charge in [-0.3, -0.25) is 9.48 Å². The van der Waals surface area contributed by atoms with Gasteiger partial charge in [0.25, 0.3) is 5.91 Å². The second kappa shape index (κ2) is 7.54. The van der Waals surface area contributed by atoms with Gasteiger partial charge in [-0.05, 0) is 32.9 Å². The van der Waals surface area contributed by atoms with E-state index in [-0.39, 0.29) is 5.91 Å². The normalized spacial score (nSPS) is 16.4. The molecule has 0 spiro atoms. The molecule has 2 rings (SSSR count). The van der Waals surface area contributed by atoms with Gasteiger partial charge in [0.05, 0.1) is 6.20 Å². The first-order chi connectivity index (χ1) is 10.1. The molecule has 1 heterocycles. The first kappa shape index (κ1) is 15.9. The minimum absolute atomic E-state index is 0.0493. The minimum Gasteiger partial charge on any atom is -0.339 e. The van der Waals surface area contributed by atoms with E-state index in [0.29, 0.717) is 18.2 Å². The van der Waals surface area contributed by atoms with Crippen LogP contribution in [0.3, 0.4) is 0 Å². The Morgan fingerprint density at radius 1 is 1.24 bits per heavy atom. The molecule has 6 nitrogen and oxygen atoms in total. The highest BCUT2D eigenvalue weighted by Crippen LogP contribution is 2.24. The third-order valence-corrected chi connectivity index (χ3v) is 4.16. The van der Waals surface area contributed by atoms with E-state index in [1.807, 2.05) is 25.8 Å². The molecule has 0 radical (unpaired) electrons. The third-order valence-electron chi connectivity index (χ3n) is 4.16. The standard InChI is InChI=1S/C15H27N5O/c1-18(2)9-10-19(3)15(21)14-12-20(17-16-14)11-13-7-5-4-6-8-13/h12-13H,4-11H2,1-3H3. The monoisotopic (exact) mass is 293 g/mol. The summed E-state index contributed by atoms with van der Waals surface area (Å²) in [6, 6.07) is 0. The lowest BCUT2D eigenvalue weighted by molar-refractivity contribution is 0.0780. The molecule has 1 aliphatic rings. The summed E-state index contributed by atoms with van der Waals surface area (Å²) in [6.07, 6.45) is 8.33. The number of nitrogens with zero attached hydrogens (tertiary/aromatic N) is 5. The first-order valence-electron chi connectivity index (χ1n) is 7.86. The molecule has 0 N–H and O–H groups in total. The summed E-state index contributed by atoms with van der Waals surface area (Å²) in [5, 5.41) is 8.16. The van der Waals surface area contributed by atoms with E-state index < -0.39 is 0 Å². The van der Waals surface area contributed by atoms with E-state index in [1.54, 1.807) is 11.1 Å². The van der Waals surface area contributed by atoms with Gasteiger partial charge in [0.2, 0.25) is 0 Å². The Kier molecular flexibility index (Phi) is 5.73. The van der Waals surface area contributed by atoms with Gasteiger partial charge >= 0.3 is 0 Å². The summed E-state index contributed by atoms with van der Waals surface area (Å²) in [5.74, 6) is 0.640. The fraction of sp³-hybridized carbons (Fsp3) is 0.800. The number of carbonyl (C=O) groups excluding carboxylic acids is 1. The fourth-order valence-electron chi connectivity index (χ4n) is 2.77. The zero-order valence-electron chi connectivity index (χ0n) is 13.5. The zero-order valence-corrected chi connectivity index (χ0v) is 13.5. The molecular weight excluding hydrogens is 266 g/mol. The number of hydrogen-bond donors (Lipinski definition) is 0. The number of likely N-dealkylation sites (N-methyl/N-ethyl adjacent to an activating group) is 2. The van der Waals surface area contributed by atoms with Crippen LogP contribution in [0.2, 0.25) is 0 Å². The molecule has 1 saturated carbocycles. The van der Waals surface area contributed by atoms with Gasteiger partial charge in [-0.25, -0.2) is 0 Å². The molecule has 1 amide bonds. The highest BCUT2D eigenvalue weighted by molar-refractivity contribution is 5.91. The van der Waals surface area contributed by atoms with Gasteiger partial charge in [0.15, 0.2) is 5.69 Å². The lowest BCUT2D eigenvalue weighted by Crippen LogP contribution is -2.33. The Labute approximate surface area is 127 Å². The Bertz CT molecular complexity index is 451. The lowest BCUT2D eigenvalue weighted by atomic mass is 9.89. The van der Waals surface area contributed by atoms with Crippen molar-refractivity contribution in [1.82, 2.24) is 24.8 Å². The Balaban J connectivity index is 1.87. The van der Waals surface area contributed by atoms with Gasteiger partial charge in [-0.2, -0.15) is 0 Å². The molecule has 1 aromatic heterocycles. The molecule has 1 aliphatic carbocycles. The van der Waals surface area contributed by atoms with Crippen LogP contribution in [0.25, 0.3) is 0 Å². The molecule has 0 aromatic carbocycles. The highest BCUT2D eigenvalue weighted by atomic mass is 16.2. The van der Waals surface area contributed by atoms with E-state index in [1.165, 1.54) is 32.1 Å². The zero-order chi connectivity index (χ0) is 15.2. The average Bonchev–Trinajstić information content (AvgIpc) is 2.93. The third kappa shape index (κ3) is 4.81.